The molecule has 0 aliphatic carbocycles. The van der Waals surface area contributed by atoms with E-state index in [2.05, 4.69) is 13.8 Å². The number of piperidine rings is 2. The molecule has 0 saturated carbocycles. The number of benzene rings is 1. The van der Waals surface area contributed by atoms with Crippen molar-refractivity contribution in [2.45, 2.75) is 63.9 Å². The standard InChI is InChI=1S/C22H31N3O5S/c1-15-10-16(2)13-23(12-15)31(28,29)18-7-8-19-20(11-18)30-22(27)25(19)14-21(26)24-9-5-4-6-17(24)3/h7-8,11,15-17H,4-6,9-10,12-14H2,1-3H3/t15-,16-,17+/m1/s1. The summed E-state index contributed by atoms with van der Waals surface area (Å²) in [7, 11) is -3.68. The zero-order chi connectivity index (χ0) is 22.3. The lowest BCUT2D eigenvalue weighted by Gasteiger charge is -2.34. The van der Waals surface area contributed by atoms with Crippen LogP contribution in [0.2, 0.25) is 0 Å². The van der Waals surface area contributed by atoms with Crippen molar-refractivity contribution in [2.24, 2.45) is 11.8 Å². The van der Waals surface area contributed by atoms with Crippen molar-refractivity contribution in [2.75, 3.05) is 19.6 Å². The van der Waals surface area contributed by atoms with Crippen LogP contribution in [0.3, 0.4) is 0 Å². The average molecular weight is 450 g/mol. The summed E-state index contributed by atoms with van der Waals surface area (Å²) in [6, 6.07) is 4.62. The lowest BCUT2D eigenvalue weighted by atomic mass is 9.94. The monoisotopic (exact) mass is 449 g/mol. The van der Waals surface area contributed by atoms with Gasteiger partial charge < -0.3 is 9.32 Å². The molecule has 3 heterocycles. The molecule has 2 aliphatic heterocycles. The Hall–Kier alpha value is -2.13. The van der Waals surface area contributed by atoms with E-state index in [4.69, 9.17) is 4.42 Å². The molecular weight excluding hydrogens is 418 g/mol. The van der Waals surface area contributed by atoms with E-state index in [9.17, 15) is 18.0 Å². The van der Waals surface area contributed by atoms with Crippen LogP contribution in [0.25, 0.3) is 11.1 Å². The van der Waals surface area contributed by atoms with Crippen LogP contribution in [0.4, 0.5) is 0 Å². The Labute approximate surface area is 182 Å². The highest BCUT2D eigenvalue weighted by Gasteiger charge is 2.32. The topological polar surface area (TPSA) is 92.8 Å². The lowest BCUT2D eigenvalue weighted by molar-refractivity contribution is -0.135. The van der Waals surface area contributed by atoms with Crippen LogP contribution in [0.15, 0.2) is 32.3 Å². The molecule has 9 heteroatoms. The number of amides is 1. The molecule has 0 radical (unpaired) electrons. The normalized spacial score (nSPS) is 25.8. The van der Waals surface area contributed by atoms with Crippen LogP contribution in [0, 0.1) is 11.8 Å². The van der Waals surface area contributed by atoms with Crippen molar-refractivity contribution in [1.29, 1.82) is 0 Å². The number of sulfonamides is 1. The number of aromatic nitrogens is 1. The number of likely N-dealkylation sites (tertiary alicyclic amines) is 1. The number of fused-ring (bicyclic) bond motifs is 1. The van der Waals surface area contributed by atoms with Gasteiger partial charge in [-0.05, 0) is 56.6 Å². The number of oxazole rings is 1. The van der Waals surface area contributed by atoms with Crippen molar-refractivity contribution in [3.63, 3.8) is 0 Å². The van der Waals surface area contributed by atoms with Crippen LogP contribution in [-0.4, -0.2) is 53.8 Å². The summed E-state index contributed by atoms with van der Waals surface area (Å²) in [5.41, 5.74) is 0.617. The number of nitrogens with zero attached hydrogens (tertiary/aromatic N) is 3. The van der Waals surface area contributed by atoms with Gasteiger partial charge in [-0.15, -0.1) is 0 Å². The quantitative estimate of drug-likeness (QED) is 0.715. The van der Waals surface area contributed by atoms with Crippen molar-refractivity contribution in [3.05, 3.63) is 28.7 Å². The van der Waals surface area contributed by atoms with Crippen molar-refractivity contribution < 1.29 is 17.6 Å². The molecule has 2 aliphatic rings. The summed E-state index contributed by atoms with van der Waals surface area (Å²) in [5, 5.41) is 0. The summed E-state index contributed by atoms with van der Waals surface area (Å²) in [5.74, 6) is -0.179. The molecule has 2 saturated heterocycles. The van der Waals surface area contributed by atoms with Crippen molar-refractivity contribution >= 4 is 27.0 Å². The third-order valence-corrected chi connectivity index (χ3v) is 8.36. The smallest absolute Gasteiger partial charge is 0.408 e. The molecule has 0 unspecified atom stereocenters. The Morgan fingerprint density at radius 3 is 2.52 bits per heavy atom. The van der Waals surface area contributed by atoms with Gasteiger partial charge in [0.25, 0.3) is 0 Å². The Kier molecular flexibility index (Phi) is 6.00. The molecule has 4 rings (SSSR count). The van der Waals surface area contributed by atoms with Crippen molar-refractivity contribution in [1.82, 2.24) is 13.8 Å². The fourth-order valence-electron chi connectivity index (χ4n) is 5.00. The largest absolute Gasteiger partial charge is 0.420 e. The van der Waals surface area contributed by atoms with Gasteiger partial charge in [0.15, 0.2) is 5.58 Å². The van der Waals surface area contributed by atoms with Gasteiger partial charge in [0.05, 0.1) is 10.4 Å². The molecule has 0 spiro atoms. The summed E-state index contributed by atoms with van der Waals surface area (Å²) < 4.78 is 34.5. The molecular formula is C22H31N3O5S. The minimum atomic E-state index is -3.68. The lowest BCUT2D eigenvalue weighted by Crippen LogP contribution is -2.44. The molecule has 31 heavy (non-hydrogen) atoms. The number of carbonyl (C=O) groups is 1. The van der Waals surface area contributed by atoms with E-state index in [1.807, 2.05) is 11.8 Å². The predicted molar refractivity (Wildman–Crippen MR) is 117 cm³/mol. The zero-order valence-corrected chi connectivity index (χ0v) is 19.2. The number of rotatable bonds is 4. The summed E-state index contributed by atoms with van der Waals surface area (Å²) >= 11 is 0. The fourth-order valence-corrected chi connectivity index (χ4v) is 6.70. The predicted octanol–water partition coefficient (Wildman–Crippen LogP) is 2.66. The third-order valence-electron chi connectivity index (χ3n) is 6.53. The zero-order valence-electron chi connectivity index (χ0n) is 18.4. The molecule has 1 aromatic carbocycles. The van der Waals surface area contributed by atoms with Crippen LogP contribution >= 0.6 is 0 Å². The van der Waals surface area contributed by atoms with Gasteiger partial charge in [0.1, 0.15) is 6.54 Å². The highest BCUT2D eigenvalue weighted by molar-refractivity contribution is 7.89. The molecule has 3 atom stereocenters. The highest BCUT2D eigenvalue weighted by atomic mass is 32.2. The van der Waals surface area contributed by atoms with Gasteiger partial charge in [0.2, 0.25) is 15.9 Å². The van der Waals surface area contributed by atoms with Crippen molar-refractivity contribution in [3.8, 4) is 0 Å². The first-order valence-electron chi connectivity index (χ1n) is 11.1. The number of hydrogen-bond acceptors (Lipinski definition) is 5. The minimum Gasteiger partial charge on any atom is -0.408 e. The van der Waals surface area contributed by atoms with E-state index < -0.39 is 15.8 Å². The van der Waals surface area contributed by atoms with Gasteiger partial charge in [-0.25, -0.2) is 13.2 Å². The van der Waals surface area contributed by atoms with E-state index in [1.54, 1.807) is 6.07 Å². The van der Waals surface area contributed by atoms with E-state index in [1.165, 1.54) is 21.0 Å². The second-order valence-corrected chi connectivity index (χ2v) is 11.2. The maximum Gasteiger partial charge on any atom is 0.420 e. The first kappa shape index (κ1) is 22.1. The summed E-state index contributed by atoms with van der Waals surface area (Å²) in [6.07, 6.45) is 4.03. The Balaban J connectivity index is 1.61. The maximum atomic E-state index is 13.2. The van der Waals surface area contributed by atoms with Gasteiger partial charge in [-0.1, -0.05) is 13.8 Å². The molecule has 8 nitrogen and oxygen atoms in total. The molecule has 2 fully saturated rings. The number of hydrogen-bond donors (Lipinski definition) is 0. The average Bonchev–Trinajstić information content (AvgIpc) is 3.02. The summed E-state index contributed by atoms with van der Waals surface area (Å²) in [6.45, 7) is 7.69. The molecule has 0 bridgehead atoms. The van der Waals surface area contributed by atoms with Crippen LogP contribution in [-0.2, 0) is 21.4 Å². The maximum absolute atomic E-state index is 13.2. The highest BCUT2D eigenvalue weighted by Crippen LogP contribution is 2.28. The molecule has 1 amide bonds. The first-order chi connectivity index (χ1) is 14.7. The molecule has 0 N–H and O–H groups in total. The molecule has 2 aromatic rings. The Morgan fingerprint density at radius 1 is 1.13 bits per heavy atom. The second-order valence-electron chi connectivity index (χ2n) is 9.28. The van der Waals surface area contributed by atoms with Crippen LogP contribution in [0.5, 0.6) is 0 Å². The third kappa shape index (κ3) is 4.30. The number of carbonyl (C=O) groups excluding carboxylic acids is 1. The minimum absolute atomic E-state index is 0.108. The van der Waals surface area contributed by atoms with Crippen LogP contribution < -0.4 is 5.76 Å². The van der Waals surface area contributed by atoms with Crippen LogP contribution in [0.1, 0.15) is 46.5 Å². The van der Waals surface area contributed by atoms with E-state index in [0.717, 1.165) is 25.7 Å². The SMILES string of the molecule is C[C@@H]1C[C@@H](C)CN(S(=O)(=O)c2ccc3c(c2)oc(=O)n3CC(=O)N2CCCC[C@@H]2C)C1. The molecule has 1 aromatic heterocycles. The Bertz CT molecular complexity index is 1130. The van der Waals surface area contributed by atoms with Gasteiger partial charge in [0, 0.05) is 31.7 Å². The van der Waals surface area contributed by atoms with E-state index >= 15 is 0 Å². The Morgan fingerprint density at radius 2 is 1.84 bits per heavy atom. The van der Waals surface area contributed by atoms with E-state index in [0.29, 0.717) is 37.0 Å². The van der Waals surface area contributed by atoms with E-state index in [-0.39, 0.29) is 29.0 Å². The van der Waals surface area contributed by atoms with Gasteiger partial charge in [-0.2, -0.15) is 4.31 Å². The second kappa shape index (κ2) is 8.43. The fraction of sp³-hybridized carbons (Fsp3) is 0.636. The first-order valence-corrected chi connectivity index (χ1v) is 12.5. The van der Waals surface area contributed by atoms with Gasteiger partial charge in [-0.3, -0.25) is 9.36 Å². The van der Waals surface area contributed by atoms with Gasteiger partial charge >= 0.3 is 5.76 Å². The molecule has 170 valence electrons. The summed E-state index contributed by atoms with van der Waals surface area (Å²) in [4.78, 5) is 27.2.